The standard InChI is InChI=1S/C18H21N5O2/c1-21-11-16(8-19-21)25-18-13-22(12-17(18)24)9-14-7-20-23(10-14)15-5-3-2-4-6-15/h2-8,10-11,17-18,24H,9,12-13H2,1H3/t17-,18-/m1/s1. The predicted molar refractivity (Wildman–Crippen MR) is 92.5 cm³/mol. The van der Waals surface area contributed by atoms with Crippen LogP contribution in [0.4, 0.5) is 0 Å². The molecule has 3 heterocycles. The molecule has 0 bridgehead atoms. The predicted octanol–water partition coefficient (Wildman–Crippen LogP) is 1.23. The Morgan fingerprint density at radius 1 is 1.12 bits per heavy atom. The maximum absolute atomic E-state index is 10.3. The number of benzene rings is 1. The summed E-state index contributed by atoms with van der Waals surface area (Å²) in [6, 6.07) is 10.0. The molecule has 1 aliphatic heterocycles. The lowest BCUT2D eigenvalue weighted by atomic mass is 10.3. The van der Waals surface area contributed by atoms with Crippen LogP contribution in [0.3, 0.4) is 0 Å². The first kappa shape index (κ1) is 15.9. The van der Waals surface area contributed by atoms with Crippen LogP contribution in [0.1, 0.15) is 5.56 Å². The molecule has 0 unspecified atom stereocenters. The molecule has 0 amide bonds. The van der Waals surface area contributed by atoms with E-state index in [1.165, 1.54) is 0 Å². The summed E-state index contributed by atoms with van der Waals surface area (Å²) in [6.07, 6.45) is 6.61. The number of hydrogen-bond acceptors (Lipinski definition) is 5. The number of aliphatic hydroxyl groups is 1. The maximum Gasteiger partial charge on any atom is 0.157 e. The number of likely N-dealkylation sites (tertiary alicyclic amines) is 1. The van der Waals surface area contributed by atoms with Crippen LogP contribution < -0.4 is 4.74 Å². The van der Waals surface area contributed by atoms with E-state index in [-0.39, 0.29) is 6.10 Å². The summed E-state index contributed by atoms with van der Waals surface area (Å²) >= 11 is 0. The first-order valence-electron chi connectivity index (χ1n) is 8.32. The summed E-state index contributed by atoms with van der Waals surface area (Å²) in [5.41, 5.74) is 2.14. The van der Waals surface area contributed by atoms with E-state index in [0.29, 0.717) is 18.8 Å². The van der Waals surface area contributed by atoms with Crippen molar-refractivity contribution in [2.75, 3.05) is 13.1 Å². The van der Waals surface area contributed by atoms with Crippen LogP contribution in [0.2, 0.25) is 0 Å². The van der Waals surface area contributed by atoms with Gasteiger partial charge in [-0.05, 0) is 12.1 Å². The molecule has 2 aromatic heterocycles. The van der Waals surface area contributed by atoms with Gasteiger partial charge in [-0.25, -0.2) is 4.68 Å². The molecule has 1 aromatic carbocycles. The number of nitrogens with zero attached hydrogens (tertiary/aromatic N) is 5. The van der Waals surface area contributed by atoms with Crippen molar-refractivity contribution in [3.05, 3.63) is 60.7 Å². The van der Waals surface area contributed by atoms with E-state index >= 15 is 0 Å². The van der Waals surface area contributed by atoms with Gasteiger partial charge in [-0.3, -0.25) is 9.58 Å². The summed E-state index contributed by atoms with van der Waals surface area (Å²) in [4.78, 5) is 2.18. The van der Waals surface area contributed by atoms with Gasteiger partial charge in [0.2, 0.25) is 0 Å². The minimum atomic E-state index is -0.510. The number of ether oxygens (including phenoxy) is 1. The van der Waals surface area contributed by atoms with Crippen molar-refractivity contribution in [3.63, 3.8) is 0 Å². The first-order chi connectivity index (χ1) is 12.2. The van der Waals surface area contributed by atoms with Crippen LogP contribution in [0, 0.1) is 0 Å². The molecule has 7 nitrogen and oxygen atoms in total. The van der Waals surface area contributed by atoms with E-state index in [1.807, 2.05) is 54.5 Å². The van der Waals surface area contributed by atoms with E-state index in [4.69, 9.17) is 4.74 Å². The van der Waals surface area contributed by atoms with Gasteiger partial charge in [0.1, 0.15) is 12.2 Å². The molecule has 0 aliphatic carbocycles. The minimum absolute atomic E-state index is 0.242. The van der Waals surface area contributed by atoms with Crippen LogP contribution in [0.15, 0.2) is 55.1 Å². The molecule has 7 heteroatoms. The number of aliphatic hydroxyl groups excluding tert-OH is 1. The number of rotatable bonds is 5. The van der Waals surface area contributed by atoms with Crippen LogP contribution in [0.5, 0.6) is 5.75 Å². The molecule has 3 aromatic rings. The second kappa shape index (κ2) is 6.70. The van der Waals surface area contributed by atoms with Gasteiger partial charge in [-0.2, -0.15) is 10.2 Å². The average Bonchev–Trinajstić information content (AvgIpc) is 3.31. The molecule has 0 radical (unpaired) electrons. The van der Waals surface area contributed by atoms with Gasteiger partial charge in [0.25, 0.3) is 0 Å². The van der Waals surface area contributed by atoms with Gasteiger partial charge in [0, 0.05) is 38.4 Å². The SMILES string of the molecule is Cn1cc(O[C@@H]2CN(Cc3cnn(-c4ccccc4)c3)C[C@H]2O)cn1. The minimum Gasteiger partial charge on any atom is -0.483 e. The quantitative estimate of drug-likeness (QED) is 0.757. The van der Waals surface area contributed by atoms with Crippen molar-refractivity contribution in [2.45, 2.75) is 18.8 Å². The summed E-state index contributed by atoms with van der Waals surface area (Å²) in [6.45, 7) is 1.99. The van der Waals surface area contributed by atoms with Crippen LogP contribution in [-0.4, -0.2) is 54.9 Å². The molecule has 1 N–H and O–H groups in total. The van der Waals surface area contributed by atoms with E-state index in [2.05, 4.69) is 15.1 Å². The zero-order chi connectivity index (χ0) is 17.2. The Morgan fingerprint density at radius 3 is 2.72 bits per heavy atom. The van der Waals surface area contributed by atoms with Crippen LogP contribution in [-0.2, 0) is 13.6 Å². The van der Waals surface area contributed by atoms with E-state index in [0.717, 1.165) is 17.8 Å². The summed E-state index contributed by atoms with van der Waals surface area (Å²) in [5.74, 6) is 0.685. The molecule has 1 fully saturated rings. The molecular weight excluding hydrogens is 318 g/mol. The van der Waals surface area contributed by atoms with Crippen molar-refractivity contribution in [1.82, 2.24) is 24.5 Å². The molecule has 4 rings (SSSR count). The summed E-state index contributed by atoms with van der Waals surface area (Å²) < 4.78 is 9.41. The van der Waals surface area contributed by atoms with Crippen molar-refractivity contribution < 1.29 is 9.84 Å². The number of hydrogen-bond donors (Lipinski definition) is 1. The highest BCUT2D eigenvalue weighted by Crippen LogP contribution is 2.20. The second-order valence-corrected chi connectivity index (χ2v) is 6.40. The molecule has 25 heavy (non-hydrogen) atoms. The molecule has 0 spiro atoms. The normalized spacial score (nSPS) is 20.9. The van der Waals surface area contributed by atoms with Gasteiger partial charge in [0.05, 0.1) is 24.3 Å². The lowest BCUT2D eigenvalue weighted by Gasteiger charge is -2.15. The van der Waals surface area contributed by atoms with Gasteiger partial charge < -0.3 is 9.84 Å². The zero-order valence-electron chi connectivity index (χ0n) is 14.1. The first-order valence-corrected chi connectivity index (χ1v) is 8.32. The topological polar surface area (TPSA) is 68.3 Å². The monoisotopic (exact) mass is 339 g/mol. The van der Waals surface area contributed by atoms with Crippen molar-refractivity contribution in [3.8, 4) is 11.4 Å². The van der Waals surface area contributed by atoms with Crippen molar-refractivity contribution in [1.29, 1.82) is 0 Å². The lowest BCUT2D eigenvalue weighted by molar-refractivity contribution is 0.0736. The van der Waals surface area contributed by atoms with E-state index in [9.17, 15) is 5.11 Å². The van der Waals surface area contributed by atoms with Gasteiger partial charge in [0.15, 0.2) is 5.75 Å². The third-order valence-electron chi connectivity index (χ3n) is 4.34. The Labute approximate surface area is 146 Å². The number of aromatic nitrogens is 4. The maximum atomic E-state index is 10.3. The molecule has 0 saturated carbocycles. The third-order valence-corrected chi connectivity index (χ3v) is 4.34. The molecular formula is C18H21N5O2. The van der Waals surface area contributed by atoms with Crippen LogP contribution in [0.25, 0.3) is 5.69 Å². The molecule has 2 atom stereocenters. The van der Waals surface area contributed by atoms with Crippen molar-refractivity contribution in [2.24, 2.45) is 7.05 Å². The second-order valence-electron chi connectivity index (χ2n) is 6.40. The Bertz CT molecular complexity index is 829. The van der Waals surface area contributed by atoms with Crippen molar-refractivity contribution >= 4 is 0 Å². The lowest BCUT2D eigenvalue weighted by Crippen LogP contribution is -2.29. The third kappa shape index (κ3) is 3.57. The van der Waals surface area contributed by atoms with Gasteiger partial charge >= 0.3 is 0 Å². The Morgan fingerprint density at radius 2 is 1.96 bits per heavy atom. The fraction of sp³-hybridized carbons (Fsp3) is 0.333. The van der Waals surface area contributed by atoms with Gasteiger partial charge in [-0.15, -0.1) is 0 Å². The highest BCUT2D eigenvalue weighted by Gasteiger charge is 2.33. The fourth-order valence-electron chi connectivity index (χ4n) is 3.13. The van der Waals surface area contributed by atoms with Crippen LogP contribution >= 0.6 is 0 Å². The number of aryl methyl sites for hydroxylation is 1. The van der Waals surface area contributed by atoms with E-state index in [1.54, 1.807) is 17.1 Å². The highest BCUT2D eigenvalue weighted by atomic mass is 16.5. The number of para-hydroxylation sites is 1. The molecule has 1 saturated heterocycles. The largest absolute Gasteiger partial charge is 0.483 e. The number of β-amino-alcohol motifs (C(OH)–C–C–N with tert-alkyl or cyclic N) is 1. The van der Waals surface area contributed by atoms with Gasteiger partial charge in [-0.1, -0.05) is 18.2 Å². The fourth-order valence-corrected chi connectivity index (χ4v) is 3.13. The Balaban J connectivity index is 1.38. The average molecular weight is 339 g/mol. The molecule has 130 valence electrons. The Kier molecular flexibility index (Phi) is 4.25. The Hall–Kier alpha value is -2.64. The molecule has 1 aliphatic rings. The zero-order valence-corrected chi connectivity index (χ0v) is 14.1. The smallest absolute Gasteiger partial charge is 0.157 e. The summed E-state index contributed by atoms with van der Waals surface area (Å²) in [5, 5.41) is 18.8. The van der Waals surface area contributed by atoms with E-state index < -0.39 is 6.10 Å². The highest BCUT2D eigenvalue weighted by molar-refractivity contribution is 5.30. The summed E-state index contributed by atoms with van der Waals surface area (Å²) in [7, 11) is 1.84.